The van der Waals surface area contributed by atoms with Gasteiger partial charge < -0.3 is 10.5 Å². The number of halogens is 2. The lowest BCUT2D eigenvalue weighted by Crippen LogP contribution is -1.88. The number of nitrogen functional groups attached to an aromatic ring is 1. The minimum Gasteiger partial charge on any atom is -0.457 e. The molecule has 16 heavy (non-hydrogen) atoms. The fraction of sp³-hybridized carbons (Fsp3) is 0. The van der Waals surface area contributed by atoms with Crippen LogP contribution >= 0.6 is 11.6 Å². The molecule has 4 heteroatoms. The molecule has 82 valence electrons. The highest BCUT2D eigenvalue weighted by Crippen LogP contribution is 2.27. The van der Waals surface area contributed by atoms with Gasteiger partial charge in [-0.25, -0.2) is 4.39 Å². The Kier molecular flexibility index (Phi) is 2.97. The van der Waals surface area contributed by atoms with Crippen LogP contribution in [-0.4, -0.2) is 0 Å². The smallest absolute Gasteiger partial charge is 0.129 e. The standard InChI is InChI=1S/C12H9ClFNO/c13-11-7-10(5-6-12(11)15)16-9-3-1-8(14)2-4-9/h1-7H,15H2. The van der Waals surface area contributed by atoms with E-state index in [-0.39, 0.29) is 5.82 Å². The van der Waals surface area contributed by atoms with Gasteiger partial charge in [0.05, 0.1) is 10.7 Å². The molecule has 2 rings (SSSR count). The Hall–Kier alpha value is -1.74. The molecular weight excluding hydrogens is 229 g/mol. The quantitative estimate of drug-likeness (QED) is 0.805. The van der Waals surface area contributed by atoms with Crippen LogP contribution in [0.15, 0.2) is 42.5 Å². The monoisotopic (exact) mass is 237 g/mol. The Morgan fingerprint density at radius 1 is 1.00 bits per heavy atom. The Bertz CT molecular complexity index is 499. The van der Waals surface area contributed by atoms with Gasteiger partial charge in [-0.2, -0.15) is 0 Å². The van der Waals surface area contributed by atoms with Crippen LogP contribution in [0.5, 0.6) is 11.5 Å². The van der Waals surface area contributed by atoms with Gasteiger partial charge in [-0.3, -0.25) is 0 Å². The molecule has 0 saturated heterocycles. The van der Waals surface area contributed by atoms with Gasteiger partial charge in [0.2, 0.25) is 0 Å². The summed E-state index contributed by atoms with van der Waals surface area (Å²) < 4.78 is 18.1. The van der Waals surface area contributed by atoms with Gasteiger partial charge in [0.1, 0.15) is 17.3 Å². The average Bonchev–Trinajstić information content (AvgIpc) is 2.27. The van der Waals surface area contributed by atoms with Crippen molar-refractivity contribution in [3.8, 4) is 11.5 Å². The molecule has 0 amide bonds. The highest BCUT2D eigenvalue weighted by Gasteiger charge is 2.01. The van der Waals surface area contributed by atoms with E-state index < -0.39 is 0 Å². The van der Waals surface area contributed by atoms with Crippen molar-refractivity contribution in [3.63, 3.8) is 0 Å². The fourth-order valence-corrected chi connectivity index (χ4v) is 1.38. The summed E-state index contributed by atoms with van der Waals surface area (Å²) in [5, 5.41) is 0.430. The predicted octanol–water partition coefficient (Wildman–Crippen LogP) is 3.85. The highest BCUT2D eigenvalue weighted by molar-refractivity contribution is 6.33. The molecule has 0 radical (unpaired) electrons. The number of benzene rings is 2. The van der Waals surface area contributed by atoms with E-state index in [9.17, 15) is 4.39 Å². The third kappa shape index (κ3) is 2.44. The van der Waals surface area contributed by atoms with Crippen LogP contribution in [0.2, 0.25) is 5.02 Å². The molecule has 0 unspecified atom stereocenters. The van der Waals surface area contributed by atoms with Crippen LogP contribution in [0.25, 0.3) is 0 Å². The molecule has 0 aliphatic heterocycles. The number of ether oxygens (including phenoxy) is 1. The SMILES string of the molecule is Nc1ccc(Oc2ccc(F)cc2)cc1Cl. The first kappa shape index (κ1) is 10.8. The first-order valence-corrected chi connectivity index (χ1v) is 5.01. The summed E-state index contributed by atoms with van der Waals surface area (Å²) in [5.74, 6) is 0.802. The first-order valence-electron chi connectivity index (χ1n) is 4.63. The van der Waals surface area contributed by atoms with E-state index in [1.165, 1.54) is 12.1 Å². The largest absolute Gasteiger partial charge is 0.457 e. The Balaban J connectivity index is 2.20. The van der Waals surface area contributed by atoms with Crippen molar-refractivity contribution < 1.29 is 9.13 Å². The maximum atomic E-state index is 12.6. The third-order valence-electron chi connectivity index (χ3n) is 2.02. The lowest BCUT2D eigenvalue weighted by Gasteiger charge is -2.06. The van der Waals surface area contributed by atoms with Crippen LogP contribution in [0, 0.1) is 5.82 Å². The summed E-state index contributed by atoms with van der Waals surface area (Å²) in [6.45, 7) is 0. The fourth-order valence-electron chi connectivity index (χ4n) is 1.21. The molecular formula is C12H9ClFNO. The molecule has 0 aliphatic rings. The first-order chi connectivity index (χ1) is 7.65. The zero-order valence-corrected chi connectivity index (χ0v) is 9.04. The van der Waals surface area contributed by atoms with Gasteiger partial charge in [-0.1, -0.05) is 11.6 Å². The molecule has 0 aliphatic carbocycles. The Morgan fingerprint density at radius 2 is 1.62 bits per heavy atom. The molecule has 2 aromatic carbocycles. The van der Waals surface area contributed by atoms with Crippen LogP contribution in [-0.2, 0) is 0 Å². The predicted molar refractivity (Wildman–Crippen MR) is 62.3 cm³/mol. The van der Waals surface area contributed by atoms with Crippen molar-refractivity contribution in [3.05, 3.63) is 53.3 Å². The molecule has 2 aromatic rings. The van der Waals surface area contributed by atoms with Crippen molar-refractivity contribution in [1.82, 2.24) is 0 Å². The van der Waals surface area contributed by atoms with Crippen LogP contribution in [0.3, 0.4) is 0 Å². The van der Waals surface area contributed by atoms with Gasteiger partial charge in [0.15, 0.2) is 0 Å². The van der Waals surface area contributed by atoms with E-state index in [1.807, 2.05) is 0 Å². The second-order valence-corrected chi connectivity index (χ2v) is 3.65. The Morgan fingerprint density at radius 3 is 2.25 bits per heavy atom. The summed E-state index contributed by atoms with van der Waals surface area (Å²) in [6, 6.07) is 10.7. The summed E-state index contributed by atoms with van der Waals surface area (Å²) in [7, 11) is 0. The number of rotatable bonds is 2. The number of hydrogen-bond acceptors (Lipinski definition) is 2. The summed E-state index contributed by atoms with van der Waals surface area (Å²) in [5.41, 5.74) is 6.06. The molecule has 0 fully saturated rings. The van der Waals surface area contributed by atoms with Gasteiger partial charge in [0, 0.05) is 6.07 Å². The van der Waals surface area contributed by atoms with Crippen molar-refractivity contribution >= 4 is 17.3 Å². The minimum absolute atomic E-state index is 0.303. The van der Waals surface area contributed by atoms with Crippen LogP contribution < -0.4 is 10.5 Å². The summed E-state index contributed by atoms with van der Waals surface area (Å²) in [6.07, 6.45) is 0. The average molecular weight is 238 g/mol. The molecule has 0 saturated carbocycles. The van der Waals surface area contributed by atoms with Crippen molar-refractivity contribution in [2.24, 2.45) is 0 Å². The third-order valence-corrected chi connectivity index (χ3v) is 2.35. The van der Waals surface area contributed by atoms with Gasteiger partial charge in [0.25, 0.3) is 0 Å². The molecule has 0 aromatic heterocycles. The molecule has 0 bridgehead atoms. The van der Waals surface area contributed by atoms with Crippen LogP contribution in [0.1, 0.15) is 0 Å². The zero-order valence-electron chi connectivity index (χ0n) is 8.28. The lowest BCUT2D eigenvalue weighted by atomic mass is 10.3. The lowest BCUT2D eigenvalue weighted by molar-refractivity contribution is 0.480. The second-order valence-electron chi connectivity index (χ2n) is 3.24. The molecule has 2 N–H and O–H groups in total. The molecule has 2 nitrogen and oxygen atoms in total. The summed E-state index contributed by atoms with van der Waals surface area (Å²) >= 11 is 5.84. The highest BCUT2D eigenvalue weighted by atomic mass is 35.5. The number of hydrogen-bond donors (Lipinski definition) is 1. The van der Waals surface area contributed by atoms with E-state index in [4.69, 9.17) is 22.1 Å². The minimum atomic E-state index is -0.303. The zero-order chi connectivity index (χ0) is 11.5. The number of nitrogens with two attached hydrogens (primary N) is 1. The van der Waals surface area contributed by atoms with E-state index in [0.717, 1.165) is 0 Å². The van der Waals surface area contributed by atoms with Gasteiger partial charge >= 0.3 is 0 Å². The topological polar surface area (TPSA) is 35.2 Å². The van der Waals surface area contributed by atoms with Crippen molar-refractivity contribution in [2.45, 2.75) is 0 Å². The summed E-state index contributed by atoms with van der Waals surface area (Å²) in [4.78, 5) is 0. The van der Waals surface area contributed by atoms with E-state index in [2.05, 4.69) is 0 Å². The van der Waals surface area contributed by atoms with E-state index >= 15 is 0 Å². The van der Waals surface area contributed by atoms with Crippen molar-refractivity contribution in [1.29, 1.82) is 0 Å². The maximum absolute atomic E-state index is 12.6. The van der Waals surface area contributed by atoms with Crippen LogP contribution in [0.4, 0.5) is 10.1 Å². The number of anilines is 1. The molecule has 0 heterocycles. The second kappa shape index (κ2) is 4.41. The normalized spacial score (nSPS) is 10.1. The van der Waals surface area contributed by atoms with E-state index in [1.54, 1.807) is 30.3 Å². The maximum Gasteiger partial charge on any atom is 0.129 e. The Labute approximate surface area is 97.4 Å². The van der Waals surface area contributed by atoms with Crippen molar-refractivity contribution in [2.75, 3.05) is 5.73 Å². The van der Waals surface area contributed by atoms with E-state index in [0.29, 0.717) is 22.2 Å². The van der Waals surface area contributed by atoms with Gasteiger partial charge in [-0.15, -0.1) is 0 Å². The molecule has 0 atom stereocenters. The molecule has 0 spiro atoms. The van der Waals surface area contributed by atoms with Gasteiger partial charge in [-0.05, 0) is 36.4 Å².